The Labute approximate surface area is 118 Å². The van der Waals surface area contributed by atoms with Crippen LogP contribution in [0.5, 0.6) is 17.2 Å². The summed E-state index contributed by atoms with van der Waals surface area (Å²) in [6, 6.07) is 3.68. The number of methoxy groups -OCH3 is 3. The van der Waals surface area contributed by atoms with Crippen LogP contribution in [0.25, 0.3) is 0 Å². The highest BCUT2D eigenvalue weighted by molar-refractivity contribution is 6.18. The molecule has 0 saturated carbocycles. The van der Waals surface area contributed by atoms with E-state index in [-0.39, 0.29) is 12.0 Å². The van der Waals surface area contributed by atoms with Crippen molar-refractivity contribution in [3.05, 3.63) is 17.7 Å². The van der Waals surface area contributed by atoms with Crippen molar-refractivity contribution in [3.8, 4) is 17.2 Å². The van der Waals surface area contributed by atoms with Gasteiger partial charge >= 0.3 is 0 Å². The van der Waals surface area contributed by atoms with Gasteiger partial charge in [0.15, 0.2) is 0 Å². The van der Waals surface area contributed by atoms with E-state index in [1.54, 1.807) is 21.3 Å². The maximum atomic E-state index is 6.02. The first-order valence-corrected chi connectivity index (χ1v) is 6.76. The molecule has 1 saturated heterocycles. The van der Waals surface area contributed by atoms with Crippen LogP contribution in [0.4, 0.5) is 0 Å². The third kappa shape index (κ3) is 2.74. The molecule has 106 valence electrons. The predicted molar refractivity (Wildman–Crippen MR) is 73.6 cm³/mol. The van der Waals surface area contributed by atoms with Crippen LogP contribution >= 0.6 is 11.6 Å². The zero-order valence-electron chi connectivity index (χ0n) is 11.4. The molecule has 0 N–H and O–H groups in total. The monoisotopic (exact) mass is 286 g/mol. The summed E-state index contributed by atoms with van der Waals surface area (Å²) in [5, 5.41) is 0. The van der Waals surface area contributed by atoms with Gasteiger partial charge in [0, 0.05) is 30.5 Å². The molecule has 0 radical (unpaired) electrons. The first kappa shape index (κ1) is 14.3. The fourth-order valence-corrected chi connectivity index (χ4v) is 2.74. The van der Waals surface area contributed by atoms with Crippen LogP contribution in [0.1, 0.15) is 18.1 Å². The molecule has 4 nitrogen and oxygen atoms in total. The van der Waals surface area contributed by atoms with Crippen molar-refractivity contribution in [1.29, 1.82) is 0 Å². The van der Waals surface area contributed by atoms with Crippen LogP contribution in [0, 0.1) is 5.92 Å². The Hall–Kier alpha value is -1.13. The van der Waals surface area contributed by atoms with Crippen LogP contribution < -0.4 is 14.2 Å². The minimum absolute atomic E-state index is 0.0895. The molecule has 2 rings (SSSR count). The lowest BCUT2D eigenvalue weighted by Crippen LogP contribution is -2.12. The molecule has 1 aliphatic heterocycles. The minimum Gasteiger partial charge on any atom is -0.496 e. The molecule has 0 amide bonds. The standard InChI is InChI=1S/C14H19ClO4/c1-16-10-6-11(17-2)13(12(7-10)18-3)14-9(8-15)4-5-19-14/h6-7,9,14H,4-5,8H2,1-3H3. The zero-order chi connectivity index (χ0) is 13.8. The third-order valence-electron chi connectivity index (χ3n) is 3.45. The van der Waals surface area contributed by atoms with Crippen molar-refractivity contribution >= 4 is 11.6 Å². The van der Waals surface area contributed by atoms with E-state index in [0.29, 0.717) is 29.7 Å². The van der Waals surface area contributed by atoms with Crippen LogP contribution in [0.15, 0.2) is 12.1 Å². The van der Waals surface area contributed by atoms with E-state index in [1.165, 1.54) is 0 Å². The molecular weight excluding hydrogens is 268 g/mol. The summed E-state index contributed by atoms with van der Waals surface area (Å²) in [4.78, 5) is 0. The fraction of sp³-hybridized carbons (Fsp3) is 0.571. The summed E-state index contributed by atoms with van der Waals surface area (Å²) in [6.45, 7) is 0.709. The maximum Gasteiger partial charge on any atom is 0.132 e. The lowest BCUT2D eigenvalue weighted by atomic mass is 9.95. The summed E-state index contributed by atoms with van der Waals surface area (Å²) < 4.78 is 22.0. The van der Waals surface area contributed by atoms with Gasteiger partial charge in [0.25, 0.3) is 0 Å². The summed E-state index contributed by atoms with van der Waals surface area (Å²) >= 11 is 6.02. The summed E-state index contributed by atoms with van der Waals surface area (Å²) in [6.07, 6.45) is 0.861. The van der Waals surface area contributed by atoms with Gasteiger partial charge in [-0.25, -0.2) is 0 Å². The van der Waals surface area contributed by atoms with E-state index in [9.17, 15) is 0 Å². The first-order valence-electron chi connectivity index (χ1n) is 6.22. The van der Waals surface area contributed by atoms with Crippen molar-refractivity contribution in [2.24, 2.45) is 5.92 Å². The Morgan fingerprint density at radius 1 is 1.16 bits per heavy atom. The highest BCUT2D eigenvalue weighted by atomic mass is 35.5. The smallest absolute Gasteiger partial charge is 0.132 e. The van der Waals surface area contributed by atoms with Crippen molar-refractivity contribution < 1.29 is 18.9 Å². The summed E-state index contributed by atoms with van der Waals surface area (Å²) in [5.74, 6) is 2.94. The summed E-state index contributed by atoms with van der Waals surface area (Å²) in [7, 11) is 4.87. The van der Waals surface area contributed by atoms with Crippen molar-refractivity contribution in [2.75, 3.05) is 33.8 Å². The fourth-order valence-electron chi connectivity index (χ4n) is 2.42. The Kier molecular flexibility index (Phi) is 4.77. The molecule has 0 spiro atoms. The molecule has 2 unspecified atom stereocenters. The van der Waals surface area contributed by atoms with Crippen molar-refractivity contribution in [3.63, 3.8) is 0 Å². The maximum absolute atomic E-state index is 6.02. The van der Waals surface area contributed by atoms with Gasteiger partial charge in [0.05, 0.1) is 33.0 Å². The van der Waals surface area contributed by atoms with Crippen molar-refractivity contribution in [2.45, 2.75) is 12.5 Å². The lowest BCUT2D eigenvalue weighted by Gasteiger charge is -2.22. The lowest BCUT2D eigenvalue weighted by molar-refractivity contribution is 0.0903. The molecule has 0 aromatic heterocycles. The number of hydrogen-bond donors (Lipinski definition) is 0. The van der Waals surface area contributed by atoms with Gasteiger partial charge in [0.2, 0.25) is 0 Å². The van der Waals surface area contributed by atoms with E-state index in [4.69, 9.17) is 30.5 Å². The van der Waals surface area contributed by atoms with Gasteiger partial charge in [-0.15, -0.1) is 11.6 Å². The molecule has 1 aliphatic rings. The average Bonchev–Trinajstić information content (AvgIpc) is 2.93. The largest absolute Gasteiger partial charge is 0.496 e. The second kappa shape index (κ2) is 6.35. The van der Waals surface area contributed by atoms with Crippen LogP contribution in [0.3, 0.4) is 0 Å². The molecule has 19 heavy (non-hydrogen) atoms. The van der Waals surface area contributed by atoms with Gasteiger partial charge in [-0.2, -0.15) is 0 Å². The number of alkyl halides is 1. The molecule has 2 atom stereocenters. The molecule has 1 heterocycles. The second-order valence-electron chi connectivity index (χ2n) is 4.44. The number of benzene rings is 1. The predicted octanol–water partition coefficient (Wildman–Crippen LogP) is 3.03. The number of halogens is 1. The Bertz CT molecular complexity index is 410. The van der Waals surface area contributed by atoms with E-state index in [0.717, 1.165) is 12.0 Å². The first-order chi connectivity index (χ1) is 9.24. The minimum atomic E-state index is -0.0895. The van der Waals surface area contributed by atoms with Gasteiger partial charge < -0.3 is 18.9 Å². The van der Waals surface area contributed by atoms with E-state index in [2.05, 4.69) is 0 Å². The van der Waals surface area contributed by atoms with Crippen LogP contribution in [-0.2, 0) is 4.74 Å². The quantitative estimate of drug-likeness (QED) is 0.780. The molecule has 5 heteroatoms. The van der Waals surface area contributed by atoms with Gasteiger partial charge in [-0.1, -0.05) is 0 Å². The highest BCUT2D eigenvalue weighted by Crippen LogP contribution is 2.46. The van der Waals surface area contributed by atoms with Crippen molar-refractivity contribution in [1.82, 2.24) is 0 Å². The average molecular weight is 287 g/mol. The van der Waals surface area contributed by atoms with Crippen LogP contribution in [-0.4, -0.2) is 33.8 Å². The molecule has 1 fully saturated rings. The van der Waals surface area contributed by atoms with Gasteiger partial charge in [0.1, 0.15) is 17.2 Å². The number of rotatable bonds is 5. The second-order valence-corrected chi connectivity index (χ2v) is 4.75. The third-order valence-corrected chi connectivity index (χ3v) is 3.85. The number of hydrogen-bond acceptors (Lipinski definition) is 4. The molecule has 1 aromatic carbocycles. The van der Waals surface area contributed by atoms with Crippen LogP contribution in [0.2, 0.25) is 0 Å². The molecule has 1 aromatic rings. The molecule has 0 aliphatic carbocycles. The number of ether oxygens (including phenoxy) is 4. The normalized spacial score (nSPS) is 22.3. The molecule has 0 bridgehead atoms. The van der Waals surface area contributed by atoms with E-state index >= 15 is 0 Å². The molecular formula is C14H19ClO4. The van der Waals surface area contributed by atoms with Gasteiger partial charge in [-0.05, 0) is 6.42 Å². The Morgan fingerprint density at radius 2 is 1.79 bits per heavy atom. The zero-order valence-corrected chi connectivity index (χ0v) is 12.2. The topological polar surface area (TPSA) is 36.9 Å². The Balaban J connectivity index is 2.47. The van der Waals surface area contributed by atoms with E-state index in [1.807, 2.05) is 12.1 Å². The Morgan fingerprint density at radius 3 is 2.26 bits per heavy atom. The highest BCUT2D eigenvalue weighted by Gasteiger charge is 2.34. The SMILES string of the molecule is COc1cc(OC)c(C2OCCC2CCl)c(OC)c1. The van der Waals surface area contributed by atoms with Gasteiger partial charge in [-0.3, -0.25) is 0 Å². The summed E-state index contributed by atoms with van der Waals surface area (Å²) in [5.41, 5.74) is 0.911. The van der Waals surface area contributed by atoms with E-state index < -0.39 is 0 Å².